The molecule has 4 aliphatic rings. The smallest absolute Gasteiger partial charge is 0.325 e. The highest BCUT2D eigenvalue weighted by Crippen LogP contribution is 2.33. The molecule has 168 valence electrons. The minimum absolute atomic E-state index is 0.0600. The van der Waals surface area contributed by atoms with Gasteiger partial charge in [0.15, 0.2) is 0 Å². The summed E-state index contributed by atoms with van der Waals surface area (Å²) in [7, 11) is 0. The van der Waals surface area contributed by atoms with Crippen LogP contribution in [0.5, 0.6) is 0 Å². The van der Waals surface area contributed by atoms with E-state index >= 15 is 0 Å². The van der Waals surface area contributed by atoms with Gasteiger partial charge in [0.05, 0.1) is 6.04 Å². The van der Waals surface area contributed by atoms with Gasteiger partial charge < -0.3 is 15.1 Å². The zero-order valence-electron chi connectivity index (χ0n) is 18.5. The van der Waals surface area contributed by atoms with Crippen LogP contribution in [0.15, 0.2) is 0 Å². The maximum Gasteiger partial charge on any atom is 0.325 e. The molecule has 0 radical (unpaired) electrons. The van der Waals surface area contributed by atoms with Crippen molar-refractivity contribution in [3.05, 3.63) is 0 Å². The van der Waals surface area contributed by atoms with Crippen LogP contribution < -0.4 is 5.32 Å². The molecule has 30 heavy (non-hydrogen) atoms. The summed E-state index contributed by atoms with van der Waals surface area (Å²) in [5.74, 6) is 0.663. The summed E-state index contributed by atoms with van der Waals surface area (Å²) in [5, 5.41) is 3.05. The molecule has 0 bridgehead atoms. The molecule has 0 aromatic heterocycles. The second-order valence-electron chi connectivity index (χ2n) is 9.87. The third-order valence-electron chi connectivity index (χ3n) is 7.75. The maximum atomic E-state index is 13.4. The fourth-order valence-corrected chi connectivity index (χ4v) is 5.95. The van der Waals surface area contributed by atoms with Gasteiger partial charge in [-0.15, -0.1) is 0 Å². The quantitative estimate of drug-likeness (QED) is 0.697. The Labute approximate surface area is 180 Å². The molecule has 1 unspecified atom stereocenters. The Morgan fingerprint density at radius 1 is 1.03 bits per heavy atom. The topological polar surface area (TPSA) is 73.0 Å². The van der Waals surface area contributed by atoms with Crippen LogP contribution in [-0.2, 0) is 9.59 Å². The largest absolute Gasteiger partial charge is 0.341 e. The number of nitrogens with zero attached hydrogens (tertiary/aromatic N) is 3. The van der Waals surface area contributed by atoms with E-state index in [0.29, 0.717) is 31.7 Å². The van der Waals surface area contributed by atoms with Crippen molar-refractivity contribution in [1.29, 1.82) is 0 Å². The van der Waals surface area contributed by atoms with Crippen molar-refractivity contribution in [2.24, 2.45) is 5.92 Å². The number of carbonyl (C=O) groups excluding carboxylic acids is 3. The Hall–Kier alpha value is -1.63. The average Bonchev–Trinajstić information content (AvgIpc) is 3.00. The zero-order chi connectivity index (χ0) is 21.1. The standard InChI is InChI=1S/C23H38N4O3/c1-2-12-25-14-10-23(11-15-25)21(29)27(22(30)24-23)19-9-6-13-26(17-19)20(28)16-18-7-4-3-5-8-18/h18-19H,2-17H2,1H3,(H,24,30). The van der Waals surface area contributed by atoms with Crippen molar-refractivity contribution < 1.29 is 14.4 Å². The van der Waals surface area contributed by atoms with E-state index in [-0.39, 0.29) is 23.9 Å². The van der Waals surface area contributed by atoms with Crippen molar-refractivity contribution in [2.45, 2.75) is 89.1 Å². The molecular formula is C23H38N4O3. The number of imide groups is 1. The van der Waals surface area contributed by atoms with Crippen LogP contribution in [-0.4, -0.2) is 76.8 Å². The monoisotopic (exact) mass is 418 g/mol. The molecule has 0 aromatic carbocycles. The SMILES string of the molecule is CCCN1CCC2(CC1)NC(=O)N(C1CCCN(C(=O)CC3CCCCC3)C1)C2=O. The van der Waals surface area contributed by atoms with Crippen LogP contribution in [0.25, 0.3) is 0 Å². The third kappa shape index (κ3) is 4.36. The van der Waals surface area contributed by atoms with Crippen LogP contribution in [0, 0.1) is 5.92 Å². The summed E-state index contributed by atoms with van der Waals surface area (Å²) in [5.41, 5.74) is -0.726. The normalized spacial score (nSPS) is 28.2. The van der Waals surface area contributed by atoms with E-state index in [4.69, 9.17) is 0 Å². The van der Waals surface area contributed by atoms with Crippen molar-refractivity contribution in [3.63, 3.8) is 0 Å². The second kappa shape index (κ2) is 9.25. The maximum absolute atomic E-state index is 13.4. The van der Waals surface area contributed by atoms with Gasteiger partial charge in [-0.25, -0.2) is 4.79 Å². The molecule has 4 amide bonds. The van der Waals surface area contributed by atoms with Crippen LogP contribution in [0.2, 0.25) is 0 Å². The number of rotatable bonds is 5. The molecular weight excluding hydrogens is 380 g/mol. The fraction of sp³-hybridized carbons (Fsp3) is 0.870. The van der Waals surface area contributed by atoms with Gasteiger partial charge in [-0.3, -0.25) is 14.5 Å². The van der Waals surface area contributed by atoms with Crippen LogP contribution >= 0.6 is 0 Å². The van der Waals surface area contributed by atoms with Crippen LogP contribution in [0.3, 0.4) is 0 Å². The molecule has 1 spiro atoms. The van der Waals surface area contributed by atoms with E-state index in [0.717, 1.165) is 58.3 Å². The number of likely N-dealkylation sites (tertiary alicyclic amines) is 2. The van der Waals surface area contributed by atoms with Crippen molar-refractivity contribution >= 4 is 17.8 Å². The number of amides is 4. The van der Waals surface area contributed by atoms with E-state index in [1.165, 1.54) is 24.2 Å². The molecule has 1 aliphatic carbocycles. The first-order chi connectivity index (χ1) is 14.5. The lowest BCUT2D eigenvalue weighted by atomic mass is 9.86. The molecule has 1 N–H and O–H groups in total. The van der Waals surface area contributed by atoms with E-state index in [1.807, 2.05) is 4.90 Å². The summed E-state index contributed by atoms with van der Waals surface area (Å²) in [6.45, 7) is 6.17. The number of nitrogens with one attached hydrogen (secondary N) is 1. The Balaban J connectivity index is 1.36. The van der Waals surface area contributed by atoms with Gasteiger partial charge in [0, 0.05) is 32.6 Å². The minimum atomic E-state index is -0.726. The van der Waals surface area contributed by atoms with E-state index in [1.54, 1.807) is 0 Å². The number of carbonyl (C=O) groups is 3. The Morgan fingerprint density at radius 3 is 2.47 bits per heavy atom. The number of hydrogen-bond acceptors (Lipinski definition) is 4. The predicted octanol–water partition coefficient (Wildman–Crippen LogP) is 2.74. The lowest BCUT2D eigenvalue weighted by Crippen LogP contribution is -2.56. The van der Waals surface area contributed by atoms with Crippen molar-refractivity contribution in [1.82, 2.24) is 20.0 Å². The molecule has 1 saturated carbocycles. The van der Waals surface area contributed by atoms with Gasteiger partial charge in [0.1, 0.15) is 5.54 Å². The summed E-state index contributed by atoms with van der Waals surface area (Å²) >= 11 is 0. The molecule has 3 saturated heterocycles. The lowest BCUT2D eigenvalue weighted by molar-refractivity contribution is -0.139. The van der Waals surface area contributed by atoms with E-state index in [2.05, 4.69) is 17.1 Å². The van der Waals surface area contributed by atoms with Crippen molar-refractivity contribution in [2.75, 3.05) is 32.7 Å². The van der Waals surface area contributed by atoms with Gasteiger partial charge in [-0.2, -0.15) is 0 Å². The van der Waals surface area contributed by atoms with Gasteiger partial charge in [0.25, 0.3) is 5.91 Å². The zero-order valence-corrected chi connectivity index (χ0v) is 18.5. The number of urea groups is 1. The highest BCUT2D eigenvalue weighted by atomic mass is 16.2. The molecule has 7 nitrogen and oxygen atoms in total. The fourth-order valence-electron chi connectivity index (χ4n) is 5.95. The Morgan fingerprint density at radius 2 is 1.77 bits per heavy atom. The summed E-state index contributed by atoms with van der Waals surface area (Å²) in [4.78, 5) is 44.9. The van der Waals surface area contributed by atoms with Gasteiger partial charge in [-0.1, -0.05) is 26.2 Å². The first-order valence-electron chi connectivity index (χ1n) is 12.2. The molecule has 7 heteroatoms. The van der Waals surface area contributed by atoms with Crippen LogP contribution in [0.1, 0.15) is 77.6 Å². The second-order valence-corrected chi connectivity index (χ2v) is 9.87. The molecule has 4 fully saturated rings. The highest BCUT2D eigenvalue weighted by molar-refractivity contribution is 6.07. The van der Waals surface area contributed by atoms with Gasteiger partial charge in [0.2, 0.25) is 5.91 Å². The predicted molar refractivity (Wildman–Crippen MR) is 115 cm³/mol. The van der Waals surface area contributed by atoms with Gasteiger partial charge >= 0.3 is 6.03 Å². The number of piperidine rings is 2. The molecule has 0 aromatic rings. The Bertz CT molecular complexity index is 653. The highest BCUT2D eigenvalue weighted by Gasteiger charge is 2.54. The lowest BCUT2D eigenvalue weighted by Gasteiger charge is -2.39. The summed E-state index contributed by atoms with van der Waals surface area (Å²) < 4.78 is 0. The van der Waals surface area contributed by atoms with Gasteiger partial charge in [-0.05, 0) is 57.4 Å². The minimum Gasteiger partial charge on any atom is -0.341 e. The summed E-state index contributed by atoms with van der Waals surface area (Å²) in [6, 6.07) is -0.440. The molecule has 3 heterocycles. The third-order valence-corrected chi connectivity index (χ3v) is 7.75. The van der Waals surface area contributed by atoms with E-state index < -0.39 is 5.54 Å². The van der Waals surface area contributed by atoms with Crippen molar-refractivity contribution in [3.8, 4) is 0 Å². The van der Waals surface area contributed by atoms with Crippen LogP contribution in [0.4, 0.5) is 4.79 Å². The summed E-state index contributed by atoms with van der Waals surface area (Å²) in [6.07, 6.45) is 10.8. The van der Waals surface area contributed by atoms with E-state index in [9.17, 15) is 14.4 Å². The first-order valence-corrected chi connectivity index (χ1v) is 12.2. The average molecular weight is 419 g/mol. The molecule has 3 aliphatic heterocycles. The molecule has 4 rings (SSSR count). The molecule has 1 atom stereocenters. The Kier molecular flexibility index (Phi) is 6.66. The first kappa shape index (κ1) is 21.6. The number of hydrogen-bond donors (Lipinski definition) is 1.